The fourth-order valence-electron chi connectivity index (χ4n) is 3.47. The van der Waals surface area contributed by atoms with Crippen LogP contribution in [0.25, 0.3) is 5.69 Å². The van der Waals surface area contributed by atoms with E-state index in [2.05, 4.69) is 39.4 Å². The van der Waals surface area contributed by atoms with E-state index >= 15 is 0 Å². The monoisotopic (exact) mass is 402 g/mol. The number of nitrogens with zero attached hydrogens (tertiary/aromatic N) is 4. The Morgan fingerprint density at radius 2 is 2.24 bits per heavy atom. The Balaban J connectivity index is 1.47. The molecule has 0 spiro atoms. The number of ether oxygens (including phenoxy) is 1. The Kier molecular flexibility index (Phi) is 7.60. The van der Waals surface area contributed by atoms with E-state index < -0.39 is 0 Å². The SMILES string of the molecule is CN=C(NCc1ccc(-n2ccnc2)c(F)c1)NCC1CN(CC(C)C)CCO1. The molecule has 0 aliphatic carbocycles. The lowest BCUT2D eigenvalue weighted by Crippen LogP contribution is -2.50. The van der Waals surface area contributed by atoms with Gasteiger partial charge < -0.3 is 19.9 Å². The summed E-state index contributed by atoms with van der Waals surface area (Å²) in [5, 5.41) is 6.55. The maximum atomic E-state index is 14.4. The summed E-state index contributed by atoms with van der Waals surface area (Å²) in [5.74, 6) is 1.04. The van der Waals surface area contributed by atoms with Crippen molar-refractivity contribution in [2.45, 2.75) is 26.5 Å². The zero-order valence-electron chi connectivity index (χ0n) is 17.4. The van der Waals surface area contributed by atoms with Crippen molar-refractivity contribution in [3.8, 4) is 5.69 Å². The third-order valence-electron chi connectivity index (χ3n) is 4.82. The molecule has 3 rings (SSSR count). The third kappa shape index (κ3) is 6.27. The molecule has 0 saturated carbocycles. The van der Waals surface area contributed by atoms with Crippen molar-refractivity contribution < 1.29 is 9.13 Å². The molecule has 1 aliphatic heterocycles. The number of aromatic nitrogens is 2. The lowest BCUT2D eigenvalue weighted by atomic mass is 10.2. The van der Waals surface area contributed by atoms with E-state index in [0.29, 0.717) is 30.7 Å². The lowest BCUT2D eigenvalue weighted by molar-refractivity contribution is -0.0284. The van der Waals surface area contributed by atoms with E-state index in [1.165, 1.54) is 6.07 Å². The molecule has 1 atom stereocenters. The summed E-state index contributed by atoms with van der Waals surface area (Å²) < 4.78 is 21.9. The highest BCUT2D eigenvalue weighted by Gasteiger charge is 2.21. The largest absolute Gasteiger partial charge is 0.374 e. The molecule has 1 fully saturated rings. The van der Waals surface area contributed by atoms with Gasteiger partial charge in [-0.1, -0.05) is 19.9 Å². The van der Waals surface area contributed by atoms with Gasteiger partial charge in [-0.3, -0.25) is 9.89 Å². The zero-order valence-corrected chi connectivity index (χ0v) is 17.4. The van der Waals surface area contributed by atoms with Gasteiger partial charge in [0.1, 0.15) is 5.82 Å². The topological polar surface area (TPSA) is 66.7 Å². The van der Waals surface area contributed by atoms with Crippen molar-refractivity contribution in [2.24, 2.45) is 10.9 Å². The number of nitrogens with one attached hydrogen (secondary N) is 2. The number of benzene rings is 1. The van der Waals surface area contributed by atoms with Crippen LogP contribution in [0.1, 0.15) is 19.4 Å². The Hall–Kier alpha value is -2.45. The average molecular weight is 403 g/mol. The van der Waals surface area contributed by atoms with Gasteiger partial charge in [-0.2, -0.15) is 0 Å². The van der Waals surface area contributed by atoms with Crippen LogP contribution in [0.3, 0.4) is 0 Å². The molecule has 0 radical (unpaired) electrons. The average Bonchev–Trinajstić information content (AvgIpc) is 3.22. The van der Waals surface area contributed by atoms with Gasteiger partial charge in [-0.25, -0.2) is 9.37 Å². The van der Waals surface area contributed by atoms with Crippen molar-refractivity contribution in [1.82, 2.24) is 25.1 Å². The fraction of sp³-hybridized carbons (Fsp3) is 0.524. The van der Waals surface area contributed by atoms with Crippen LogP contribution in [0.5, 0.6) is 0 Å². The molecule has 0 amide bonds. The maximum absolute atomic E-state index is 14.4. The number of aliphatic imine (C=N–C) groups is 1. The number of guanidine groups is 1. The second-order valence-corrected chi connectivity index (χ2v) is 7.71. The van der Waals surface area contributed by atoms with Gasteiger partial charge in [0.15, 0.2) is 5.96 Å². The molecule has 1 aliphatic rings. The number of hydrogen-bond donors (Lipinski definition) is 2. The molecule has 1 aromatic heterocycles. The summed E-state index contributed by atoms with van der Waals surface area (Å²) in [6, 6.07) is 5.18. The molecule has 2 aromatic rings. The molecule has 2 N–H and O–H groups in total. The summed E-state index contributed by atoms with van der Waals surface area (Å²) in [6.07, 6.45) is 5.06. The van der Waals surface area contributed by atoms with Gasteiger partial charge in [-0.15, -0.1) is 0 Å². The van der Waals surface area contributed by atoms with Crippen LogP contribution in [0.4, 0.5) is 4.39 Å². The second kappa shape index (κ2) is 10.4. The number of halogens is 1. The number of hydrogen-bond acceptors (Lipinski definition) is 4. The van der Waals surface area contributed by atoms with Gasteiger partial charge in [0, 0.05) is 52.2 Å². The van der Waals surface area contributed by atoms with Crippen LogP contribution in [0, 0.1) is 11.7 Å². The standard InChI is InChI=1S/C21H31FN6O/c1-16(2)13-27-8-9-29-18(14-27)12-26-21(23-3)25-11-17-4-5-20(19(22)10-17)28-7-6-24-15-28/h4-7,10,15-16,18H,8-9,11-14H2,1-3H3,(H2,23,25,26). The Morgan fingerprint density at radius 1 is 1.38 bits per heavy atom. The highest BCUT2D eigenvalue weighted by atomic mass is 19.1. The minimum atomic E-state index is -0.286. The van der Waals surface area contributed by atoms with Crippen molar-refractivity contribution in [2.75, 3.05) is 39.8 Å². The summed E-state index contributed by atoms with van der Waals surface area (Å²) in [5.41, 5.74) is 1.32. The number of morpholine rings is 1. The molecule has 8 heteroatoms. The number of rotatable bonds is 7. The summed E-state index contributed by atoms with van der Waals surface area (Å²) in [7, 11) is 1.73. The van der Waals surface area contributed by atoms with Crippen LogP contribution >= 0.6 is 0 Å². The highest BCUT2D eigenvalue weighted by molar-refractivity contribution is 5.79. The first-order chi connectivity index (χ1) is 14.0. The van der Waals surface area contributed by atoms with E-state index in [4.69, 9.17) is 4.74 Å². The lowest BCUT2D eigenvalue weighted by Gasteiger charge is -2.34. The minimum absolute atomic E-state index is 0.132. The normalized spacial score (nSPS) is 18.2. The first kappa shape index (κ1) is 21.3. The fourth-order valence-corrected chi connectivity index (χ4v) is 3.47. The van der Waals surface area contributed by atoms with Gasteiger partial charge in [0.05, 0.1) is 24.7 Å². The number of imidazole rings is 1. The van der Waals surface area contributed by atoms with Crippen LogP contribution in [0.2, 0.25) is 0 Å². The quantitative estimate of drug-likeness (QED) is 0.548. The Labute approximate surface area is 172 Å². The zero-order chi connectivity index (χ0) is 20.6. The van der Waals surface area contributed by atoms with E-state index in [1.54, 1.807) is 36.4 Å². The molecular weight excluding hydrogens is 371 g/mol. The van der Waals surface area contributed by atoms with Gasteiger partial charge in [0.2, 0.25) is 0 Å². The van der Waals surface area contributed by atoms with Crippen LogP contribution in [-0.4, -0.2) is 66.3 Å². The summed E-state index contributed by atoms with van der Waals surface area (Å²) in [6.45, 7) is 9.39. The Morgan fingerprint density at radius 3 is 2.93 bits per heavy atom. The van der Waals surface area contributed by atoms with Gasteiger partial charge >= 0.3 is 0 Å². The van der Waals surface area contributed by atoms with E-state index in [0.717, 1.165) is 31.8 Å². The predicted molar refractivity (Wildman–Crippen MR) is 113 cm³/mol. The van der Waals surface area contributed by atoms with Crippen molar-refractivity contribution in [3.63, 3.8) is 0 Å². The van der Waals surface area contributed by atoms with Crippen molar-refractivity contribution >= 4 is 5.96 Å². The first-order valence-corrected chi connectivity index (χ1v) is 10.1. The van der Waals surface area contributed by atoms with Crippen LogP contribution in [-0.2, 0) is 11.3 Å². The van der Waals surface area contributed by atoms with Crippen LogP contribution < -0.4 is 10.6 Å². The predicted octanol–water partition coefficient (Wildman–Crippen LogP) is 2.03. The highest BCUT2D eigenvalue weighted by Crippen LogP contribution is 2.15. The molecule has 7 nitrogen and oxygen atoms in total. The minimum Gasteiger partial charge on any atom is -0.374 e. The van der Waals surface area contributed by atoms with Crippen LogP contribution in [0.15, 0.2) is 41.9 Å². The second-order valence-electron chi connectivity index (χ2n) is 7.71. The van der Waals surface area contributed by atoms with Gasteiger partial charge in [0.25, 0.3) is 0 Å². The maximum Gasteiger partial charge on any atom is 0.191 e. The smallest absolute Gasteiger partial charge is 0.191 e. The molecule has 0 bridgehead atoms. The molecule has 1 unspecified atom stereocenters. The molecule has 1 aromatic carbocycles. The van der Waals surface area contributed by atoms with Gasteiger partial charge in [-0.05, 0) is 23.6 Å². The Bertz CT molecular complexity index is 792. The van der Waals surface area contributed by atoms with Crippen molar-refractivity contribution in [3.05, 3.63) is 48.3 Å². The van der Waals surface area contributed by atoms with E-state index in [-0.39, 0.29) is 11.9 Å². The summed E-state index contributed by atoms with van der Waals surface area (Å²) in [4.78, 5) is 10.7. The molecule has 2 heterocycles. The molecule has 1 saturated heterocycles. The molecular formula is C21H31FN6O. The molecule has 158 valence electrons. The first-order valence-electron chi connectivity index (χ1n) is 10.1. The van der Waals surface area contributed by atoms with E-state index in [9.17, 15) is 4.39 Å². The molecule has 29 heavy (non-hydrogen) atoms. The summed E-state index contributed by atoms with van der Waals surface area (Å²) >= 11 is 0. The third-order valence-corrected chi connectivity index (χ3v) is 4.82. The van der Waals surface area contributed by atoms with E-state index in [1.807, 2.05) is 6.07 Å². The van der Waals surface area contributed by atoms with Crippen molar-refractivity contribution in [1.29, 1.82) is 0 Å².